The van der Waals surface area contributed by atoms with Gasteiger partial charge in [0.2, 0.25) is 0 Å². The zero-order chi connectivity index (χ0) is 14.3. The van der Waals surface area contributed by atoms with E-state index in [4.69, 9.17) is 0 Å². The number of imidazole rings is 1. The van der Waals surface area contributed by atoms with Crippen molar-refractivity contribution in [1.82, 2.24) is 19.2 Å². The summed E-state index contributed by atoms with van der Waals surface area (Å²) in [6.07, 6.45) is 3.42. The van der Waals surface area contributed by atoms with Crippen LogP contribution in [0.25, 0.3) is 11.5 Å². The van der Waals surface area contributed by atoms with Crippen molar-refractivity contribution in [3.8, 4) is 5.82 Å². The topological polar surface area (TPSA) is 72.4 Å². The number of nitrogens with zero attached hydrogens (tertiary/aromatic N) is 4. The van der Waals surface area contributed by atoms with Crippen molar-refractivity contribution in [3.05, 3.63) is 48.0 Å². The van der Waals surface area contributed by atoms with Gasteiger partial charge in [-0.15, -0.1) is 0 Å². The van der Waals surface area contributed by atoms with Crippen molar-refractivity contribution in [3.63, 3.8) is 0 Å². The smallest absolute Gasteiger partial charge is 0.356 e. The van der Waals surface area contributed by atoms with Gasteiger partial charge in [-0.1, -0.05) is 19.9 Å². The summed E-state index contributed by atoms with van der Waals surface area (Å²) in [4.78, 5) is 15.9. The summed E-state index contributed by atoms with van der Waals surface area (Å²) in [5, 5.41) is 13.8. The second-order valence-electron chi connectivity index (χ2n) is 4.86. The average molecular weight is 270 g/mol. The number of pyridine rings is 1. The molecule has 0 saturated heterocycles. The van der Waals surface area contributed by atoms with E-state index in [1.165, 1.54) is 4.68 Å². The van der Waals surface area contributed by atoms with Crippen LogP contribution in [0, 0.1) is 0 Å². The van der Waals surface area contributed by atoms with Crippen molar-refractivity contribution in [2.24, 2.45) is 0 Å². The van der Waals surface area contributed by atoms with E-state index in [1.54, 1.807) is 28.9 Å². The highest BCUT2D eigenvalue weighted by Crippen LogP contribution is 2.18. The summed E-state index contributed by atoms with van der Waals surface area (Å²) in [7, 11) is 0. The molecule has 1 N–H and O–H groups in total. The lowest BCUT2D eigenvalue weighted by Gasteiger charge is -2.01. The quantitative estimate of drug-likeness (QED) is 0.792. The molecule has 6 nitrogen and oxygen atoms in total. The lowest BCUT2D eigenvalue weighted by atomic mass is 10.1. The minimum atomic E-state index is -1.03. The van der Waals surface area contributed by atoms with Gasteiger partial charge in [-0.3, -0.25) is 4.40 Å². The van der Waals surface area contributed by atoms with Crippen LogP contribution in [-0.2, 0) is 0 Å². The summed E-state index contributed by atoms with van der Waals surface area (Å²) in [6.45, 7) is 4.07. The van der Waals surface area contributed by atoms with Crippen molar-refractivity contribution < 1.29 is 9.90 Å². The van der Waals surface area contributed by atoms with E-state index >= 15 is 0 Å². The molecule has 0 aromatic carbocycles. The molecule has 0 atom stereocenters. The number of rotatable bonds is 3. The Kier molecular flexibility index (Phi) is 2.78. The molecular formula is C14H14N4O2. The van der Waals surface area contributed by atoms with Crippen molar-refractivity contribution in [2.45, 2.75) is 19.8 Å². The first kappa shape index (κ1) is 12.4. The summed E-state index contributed by atoms with van der Waals surface area (Å²) >= 11 is 0. The molecule has 6 heteroatoms. The Morgan fingerprint density at radius 1 is 1.25 bits per heavy atom. The van der Waals surface area contributed by atoms with Crippen molar-refractivity contribution in [1.29, 1.82) is 0 Å². The number of carboxylic acids is 1. The van der Waals surface area contributed by atoms with Crippen LogP contribution in [0.2, 0.25) is 0 Å². The summed E-state index contributed by atoms with van der Waals surface area (Å²) in [5.74, 6) is -0.419. The zero-order valence-corrected chi connectivity index (χ0v) is 11.2. The molecule has 0 bridgehead atoms. The normalized spacial score (nSPS) is 11.3. The van der Waals surface area contributed by atoms with Gasteiger partial charge < -0.3 is 5.11 Å². The van der Waals surface area contributed by atoms with Gasteiger partial charge in [-0.2, -0.15) is 5.10 Å². The van der Waals surface area contributed by atoms with Crippen LogP contribution in [0.4, 0.5) is 0 Å². The number of aromatic carboxylic acids is 1. The number of carboxylic acid groups (broad SMARTS) is 1. The Hall–Kier alpha value is -2.63. The van der Waals surface area contributed by atoms with Gasteiger partial charge in [0.1, 0.15) is 5.65 Å². The van der Waals surface area contributed by atoms with Crippen molar-refractivity contribution >= 4 is 11.6 Å². The molecule has 0 radical (unpaired) electrons. The molecule has 3 aromatic rings. The number of aromatic nitrogens is 4. The highest BCUT2D eigenvalue weighted by atomic mass is 16.4. The fraction of sp³-hybridized carbons (Fsp3) is 0.214. The molecule has 0 aliphatic rings. The Labute approximate surface area is 115 Å². The van der Waals surface area contributed by atoms with Gasteiger partial charge >= 0.3 is 5.97 Å². The molecule has 20 heavy (non-hydrogen) atoms. The predicted molar refractivity (Wildman–Crippen MR) is 73.4 cm³/mol. The number of hydrogen-bond acceptors (Lipinski definition) is 3. The monoisotopic (exact) mass is 270 g/mol. The second kappa shape index (κ2) is 4.48. The summed E-state index contributed by atoms with van der Waals surface area (Å²) in [5.41, 5.74) is 1.60. The third-order valence-corrected chi connectivity index (χ3v) is 3.13. The maximum atomic E-state index is 11.5. The minimum Gasteiger partial charge on any atom is -0.476 e. The highest BCUT2D eigenvalue weighted by Gasteiger charge is 2.20. The molecule has 0 amide bonds. The maximum Gasteiger partial charge on any atom is 0.356 e. The molecule has 3 heterocycles. The van der Waals surface area contributed by atoms with Gasteiger partial charge in [0, 0.05) is 12.4 Å². The van der Waals surface area contributed by atoms with Gasteiger partial charge in [0.15, 0.2) is 11.5 Å². The van der Waals surface area contributed by atoms with Gasteiger partial charge in [-0.25, -0.2) is 14.5 Å². The lowest BCUT2D eigenvalue weighted by Crippen LogP contribution is -2.08. The molecule has 0 aliphatic heterocycles. The molecular weight excluding hydrogens is 256 g/mol. The van der Waals surface area contributed by atoms with E-state index < -0.39 is 5.97 Å². The van der Waals surface area contributed by atoms with E-state index in [0.29, 0.717) is 11.5 Å². The second-order valence-corrected chi connectivity index (χ2v) is 4.86. The van der Waals surface area contributed by atoms with Gasteiger partial charge in [-0.05, 0) is 24.1 Å². The SMILES string of the molecule is CC(C)c1ccn(-c2nc3ccccn3c2C(=O)O)n1. The van der Waals surface area contributed by atoms with Gasteiger partial charge in [0.25, 0.3) is 0 Å². The van der Waals surface area contributed by atoms with Crippen molar-refractivity contribution in [2.75, 3.05) is 0 Å². The molecule has 3 rings (SSSR count). The number of hydrogen-bond donors (Lipinski definition) is 1. The highest BCUT2D eigenvalue weighted by molar-refractivity contribution is 5.90. The third kappa shape index (κ3) is 1.85. The van der Waals surface area contributed by atoms with Crippen LogP contribution in [0.5, 0.6) is 0 Å². The summed E-state index contributed by atoms with van der Waals surface area (Å²) < 4.78 is 3.07. The van der Waals surface area contributed by atoms with E-state index in [9.17, 15) is 9.90 Å². The predicted octanol–water partition coefficient (Wildman–Crippen LogP) is 2.34. The van der Waals surface area contributed by atoms with Crippen LogP contribution in [-0.4, -0.2) is 30.2 Å². The third-order valence-electron chi connectivity index (χ3n) is 3.13. The first-order valence-corrected chi connectivity index (χ1v) is 6.34. The van der Waals surface area contributed by atoms with Gasteiger partial charge in [0.05, 0.1) is 5.69 Å². The Morgan fingerprint density at radius 2 is 2.05 bits per heavy atom. The van der Waals surface area contributed by atoms with E-state index in [2.05, 4.69) is 10.1 Å². The van der Waals surface area contributed by atoms with Crippen LogP contribution in [0.1, 0.15) is 35.9 Å². The van der Waals surface area contributed by atoms with Crippen LogP contribution >= 0.6 is 0 Å². The molecule has 0 spiro atoms. The zero-order valence-electron chi connectivity index (χ0n) is 11.2. The average Bonchev–Trinajstić information content (AvgIpc) is 3.02. The molecule has 3 aromatic heterocycles. The number of fused-ring (bicyclic) bond motifs is 1. The first-order valence-electron chi connectivity index (χ1n) is 6.34. The summed E-state index contributed by atoms with van der Waals surface area (Å²) in [6, 6.07) is 7.23. The molecule has 0 unspecified atom stereocenters. The Morgan fingerprint density at radius 3 is 2.70 bits per heavy atom. The van der Waals surface area contributed by atoms with Crippen LogP contribution in [0.15, 0.2) is 36.7 Å². The first-order chi connectivity index (χ1) is 9.58. The fourth-order valence-electron chi connectivity index (χ4n) is 2.11. The van der Waals surface area contributed by atoms with E-state index in [1.807, 2.05) is 26.0 Å². The van der Waals surface area contributed by atoms with Crippen LogP contribution < -0.4 is 0 Å². The Bertz CT molecular complexity index is 785. The fourth-order valence-corrected chi connectivity index (χ4v) is 2.11. The lowest BCUT2D eigenvalue weighted by molar-refractivity contribution is 0.0689. The molecule has 0 fully saturated rings. The Balaban J connectivity index is 2.24. The molecule has 0 aliphatic carbocycles. The van der Waals surface area contributed by atoms with Crippen LogP contribution in [0.3, 0.4) is 0 Å². The van der Waals surface area contributed by atoms with E-state index in [0.717, 1.165) is 5.69 Å². The minimum absolute atomic E-state index is 0.110. The largest absolute Gasteiger partial charge is 0.476 e. The molecule has 0 saturated carbocycles. The maximum absolute atomic E-state index is 11.5. The van der Waals surface area contributed by atoms with E-state index in [-0.39, 0.29) is 11.6 Å². The standard InChI is InChI=1S/C14H14N4O2/c1-9(2)10-6-8-18(16-10)13-12(14(19)20)17-7-4-3-5-11(17)15-13/h3-9H,1-2H3,(H,19,20). The number of carbonyl (C=O) groups is 1. The molecule has 102 valence electrons.